The molecule has 2 atom stereocenters. The molecule has 21 heavy (non-hydrogen) atoms. The van der Waals surface area contributed by atoms with E-state index in [0.29, 0.717) is 36.2 Å². The molecule has 0 spiro atoms. The fraction of sp³-hybridized carbons (Fsp3) is 0.467. The van der Waals surface area contributed by atoms with Gasteiger partial charge in [0.25, 0.3) is 0 Å². The predicted molar refractivity (Wildman–Crippen MR) is 78.2 cm³/mol. The Morgan fingerprint density at radius 1 is 1.48 bits per heavy atom. The lowest BCUT2D eigenvalue weighted by atomic mass is 9.88. The van der Waals surface area contributed by atoms with Crippen molar-refractivity contribution in [2.75, 3.05) is 0 Å². The van der Waals surface area contributed by atoms with Crippen molar-refractivity contribution in [2.45, 2.75) is 39.0 Å². The number of pyridine rings is 1. The number of hydrogen-bond donors (Lipinski definition) is 4. The molecule has 114 valence electrons. The molecule has 1 aliphatic rings. The van der Waals surface area contributed by atoms with E-state index in [4.69, 9.17) is 5.73 Å². The van der Waals surface area contributed by atoms with Crippen LogP contribution in [-0.2, 0) is 17.9 Å². The van der Waals surface area contributed by atoms with Crippen molar-refractivity contribution in [1.82, 2.24) is 10.3 Å². The molecule has 6 nitrogen and oxygen atoms in total. The highest BCUT2D eigenvalue weighted by Gasteiger charge is 2.27. The third-order valence-corrected chi connectivity index (χ3v) is 3.94. The fourth-order valence-electron chi connectivity index (χ4n) is 2.61. The number of aryl methyl sites for hydroxylation is 1. The summed E-state index contributed by atoms with van der Waals surface area (Å²) in [6.07, 6.45) is 6.87. The van der Waals surface area contributed by atoms with Crippen LogP contribution in [0, 0.1) is 12.8 Å². The van der Waals surface area contributed by atoms with Crippen LogP contribution in [0.2, 0.25) is 0 Å². The van der Waals surface area contributed by atoms with Crippen molar-refractivity contribution in [2.24, 2.45) is 11.7 Å². The number of aromatic hydroxyl groups is 1. The highest BCUT2D eigenvalue weighted by molar-refractivity contribution is 5.77. The Bertz CT molecular complexity index is 557. The molecule has 0 radical (unpaired) electrons. The van der Waals surface area contributed by atoms with E-state index in [1.807, 2.05) is 12.2 Å². The van der Waals surface area contributed by atoms with E-state index in [0.717, 1.165) is 0 Å². The molecule has 1 aliphatic carbocycles. The van der Waals surface area contributed by atoms with Gasteiger partial charge in [-0.2, -0.15) is 0 Å². The number of carbonyl (C=O) groups excluding carboxylic acids is 1. The van der Waals surface area contributed by atoms with Gasteiger partial charge in [0.05, 0.1) is 18.2 Å². The highest BCUT2D eigenvalue weighted by Crippen LogP contribution is 2.25. The number of rotatable bonds is 5. The topological polar surface area (TPSA) is 108 Å². The molecule has 0 fully saturated rings. The van der Waals surface area contributed by atoms with Gasteiger partial charge in [0.1, 0.15) is 5.75 Å². The molecule has 5 N–H and O–H groups in total. The summed E-state index contributed by atoms with van der Waals surface area (Å²) in [6.45, 7) is 1.87. The molecule has 1 amide bonds. The maximum Gasteiger partial charge on any atom is 0.222 e. The standard InChI is InChI=1S/C15H21N3O3/c1-9-14(20)12(10(8-19)6-17-9)7-18-13-5-3-2-4-11(13)15(16)21/h2-3,6,11,13,18-20H,4-5,7-8H2,1H3,(H2,16,21)/t11-,13-/m1/s1. The Kier molecular flexibility index (Phi) is 4.93. The summed E-state index contributed by atoms with van der Waals surface area (Å²) < 4.78 is 0. The minimum Gasteiger partial charge on any atom is -0.506 e. The minimum atomic E-state index is -0.325. The molecular weight excluding hydrogens is 270 g/mol. The second-order valence-electron chi connectivity index (χ2n) is 5.29. The summed E-state index contributed by atoms with van der Waals surface area (Å²) in [5.74, 6) is -0.497. The maximum absolute atomic E-state index is 11.5. The monoisotopic (exact) mass is 291 g/mol. The van der Waals surface area contributed by atoms with Gasteiger partial charge < -0.3 is 21.3 Å². The van der Waals surface area contributed by atoms with Gasteiger partial charge in [-0.05, 0) is 19.8 Å². The maximum atomic E-state index is 11.5. The van der Waals surface area contributed by atoms with Crippen molar-refractivity contribution in [1.29, 1.82) is 0 Å². The molecule has 0 saturated heterocycles. The van der Waals surface area contributed by atoms with E-state index in [1.54, 1.807) is 13.1 Å². The van der Waals surface area contributed by atoms with E-state index in [-0.39, 0.29) is 30.2 Å². The number of primary amides is 1. The van der Waals surface area contributed by atoms with Gasteiger partial charge in [0.2, 0.25) is 5.91 Å². The van der Waals surface area contributed by atoms with Crippen molar-refractivity contribution < 1.29 is 15.0 Å². The first kappa shape index (κ1) is 15.5. The second kappa shape index (κ2) is 6.69. The van der Waals surface area contributed by atoms with Gasteiger partial charge in [-0.25, -0.2) is 0 Å². The zero-order valence-corrected chi connectivity index (χ0v) is 12.0. The number of aromatic nitrogens is 1. The van der Waals surface area contributed by atoms with Gasteiger partial charge in [-0.1, -0.05) is 12.2 Å². The molecule has 0 aromatic carbocycles. The van der Waals surface area contributed by atoms with Crippen LogP contribution in [0.5, 0.6) is 5.75 Å². The summed E-state index contributed by atoms with van der Waals surface area (Å²) in [7, 11) is 0. The van der Waals surface area contributed by atoms with Crippen molar-refractivity contribution in [3.05, 3.63) is 35.2 Å². The van der Waals surface area contributed by atoms with Crippen molar-refractivity contribution >= 4 is 5.91 Å². The number of amides is 1. The van der Waals surface area contributed by atoms with E-state index in [1.165, 1.54) is 0 Å². The fourth-order valence-corrected chi connectivity index (χ4v) is 2.61. The normalized spacial score (nSPS) is 21.4. The van der Waals surface area contributed by atoms with Crippen LogP contribution in [0.3, 0.4) is 0 Å². The zero-order valence-electron chi connectivity index (χ0n) is 12.0. The average molecular weight is 291 g/mol. The van der Waals surface area contributed by atoms with Crippen molar-refractivity contribution in [3.8, 4) is 5.75 Å². The Morgan fingerprint density at radius 3 is 2.86 bits per heavy atom. The number of allylic oxidation sites excluding steroid dienone is 1. The Hall–Kier alpha value is -1.92. The predicted octanol–water partition coefficient (Wildman–Crippen LogP) is 0.498. The van der Waals surface area contributed by atoms with Crippen LogP contribution in [-0.4, -0.2) is 27.1 Å². The number of nitrogens with zero attached hydrogens (tertiary/aromatic N) is 1. The second-order valence-corrected chi connectivity index (χ2v) is 5.29. The summed E-state index contributed by atoms with van der Waals surface area (Å²) in [4.78, 5) is 15.5. The largest absolute Gasteiger partial charge is 0.506 e. The molecule has 1 aromatic heterocycles. The first-order valence-electron chi connectivity index (χ1n) is 6.99. The molecule has 0 unspecified atom stereocenters. The summed E-state index contributed by atoms with van der Waals surface area (Å²) in [5, 5.41) is 22.7. The SMILES string of the molecule is Cc1ncc(CO)c(CN[C@@H]2CC=CC[C@H]2C(N)=O)c1O. The number of nitrogens with two attached hydrogens (primary N) is 1. The molecule has 1 aromatic rings. The number of carbonyl (C=O) groups is 1. The molecule has 0 saturated carbocycles. The number of hydrogen-bond acceptors (Lipinski definition) is 5. The zero-order chi connectivity index (χ0) is 15.4. The number of aliphatic hydroxyl groups is 1. The lowest BCUT2D eigenvalue weighted by molar-refractivity contribution is -0.122. The quantitative estimate of drug-likeness (QED) is 0.591. The van der Waals surface area contributed by atoms with Crippen LogP contribution in [0.1, 0.15) is 29.7 Å². The van der Waals surface area contributed by atoms with Crippen LogP contribution < -0.4 is 11.1 Å². The third-order valence-electron chi connectivity index (χ3n) is 3.94. The highest BCUT2D eigenvalue weighted by atomic mass is 16.3. The summed E-state index contributed by atoms with van der Waals surface area (Å²) in [6, 6.07) is -0.0630. The molecule has 1 heterocycles. The third kappa shape index (κ3) is 3.40. The van der Waals surface area contributed by atoms with Gasteiger partial charge in [0.15, 0.2) is 0 Å². The van der Waals surface area contributed by atoms with Crippen molar-refractivity contribution in [3.63, 3.8) is 0 Å². The molecular formula is C15H21N3O3. The first-order chi connectivity index (χ1) is 10.0. The molecule has 2 rings (SSSR count). The Balaban J connectivity index is 2.14. The van der Waals surface area contributed by atoms with Gasteiger partial charge >= 0.3 is 0 Å². The number of aliphatic hydroxyl groups excluding tert-OH is 1. The van der Waals surface area contributed by atoms with Gasteiger partial charge in [0, 0.05) is 29.9 Å². The Morgan fingerprint density at radius 2 is 2.19 bits per heavy atom. The van der Waals surface area contributed by atoms with Gasteiger partial charge in [-0.15, -0.1) is 0 Å². The summed E-state index contributed by atoms with van der Waals surface area (Å²) >= 11 is 0. The molecule has 0 bridgehead atoms. The number of nitrogens with one attached hydrogen (secondary N) is 1. The molecule has 6 heteroatoms. The van der Waals surface area contributed by atoms with E-state index in [2.05, 4.69) is 10.3 Å². The van der Waals surface area contributed by atoms with E-state index in [9.17, 15) is 15.0 Å². The first-order valence-corrected chi connectivity index (χ1v) is 6.99. The van der Waals surface area contributed by atoms with Crippen LogP contribution in [0.25, 0.3) is 0 Å². The summed E-state index contributed by atoms with van der Waals surface area (Å²) in [5.41, 5.74) is 7.13. The average Bonchev–Trinajstić information content (AvgIpc) is 2.49. The van der Waals surface area contributed by atoms with Crippen LogP contribution in [0.4, 0.5) is 0 Å². The smallest absolute Gasteiger partial charge is 0.222 e. The van der Waals surface area contributed by atoms with Crippen LogP contribution >= 0.6 is 0 Å². The van der Waals surface area contributed by atoms with Crippen LogP contribution in [0.15, 0.2) is 18.3 Å². The van der Waals surface area contributed by atoms with Gasteiger partial charge in [-0.3, -0.25) is 9.78 Å². The van der Waals surface area contributed by atoms with E-state index >= 15 is 0 Å². The minimum absolute atomic E-state index is 0.0630. The van der Waals surface area contributed by atoms with E-state index < -0.39 is 0 Å². The lowest BCUT2D eigenvalue weighted by Gasteiger charge is -2.27. The lowest BCUT2D eigenvalue weighted by Crippen LogP contribution is -2.43. The Labute approximate surface area is 123 Å². The molecule has 0 aliphatic heterocycles.